The maximum atomic E-state index is 13.1. The molecule has 1 aliphatic heterocycles. The first-order valence-electron chi connectivity index (χ1n) is 8.36. The van der Waals surface area contributed by atoms with Gasteiger partial charge >= 0.3 is 0 Å². The molecule has 1 aliphatic rings. The number of nitrogens with zero attached hydrogens (tertiary/aromatic N) is 3. The Bertz CT molecular complexity index is 933. The number of carbonyl (C=O) groups is 1. The van der Waals surface area contributed by atoms with Crippen LogP contribution >= 0.6 is 15.9 Å². The van der Waals surface area contributed by atoms with Gasteiger partial charge in [-0.3, -0.25) is 4.79 Å². The van der Waals surface area contributed by atoms with Crippen molar-refractivity contribution in [1.82, 2.24) is 9.78 Å². The average molecular weight is 396 g/mol. The number of rotatable bonds is 2. The first-order valence-corrected chi connectivity index (χ1v) is 9.15. The Labute approximate surface area is 155 Å². The van der Waals surface area contributed by atoms with E-state index in [1.165, 1.54) is 5.56 Å². The molecule has 0 saturated heterocycles. The van der Waals surface area contributed by atoms with Crippen LogP contribution in [0.3, 0.4) is 0 Å². The number of hydrogen-bond donors (Lipinski definition) is 0. The topological polar surface area (TPSA) is 38.1 Å². The van der Waals surface area contributed by atoms with Crippen LogP contribution in [0.15, 0.2) is 59.1 Å². The number of aryl methyl sites for hydroxylation is 2. The molecule has 0 saturated carbocycles. The highest BCUT2D eigenvalue weighted by Gasteiger charge is 2.26. The summed E-state index contributed by atoms with van der Waals surface area (Å²) in [7, 11) is 0. The summed E-state index contributed by atoms with van der Waals surface area (Å²) < 4.78 is 2.87. The Morgan fingerprint density at radius 3 is 2.72 bits per heavy atom. The zero-order valence-corrected chi connectivity index (χ0v) is 15.5. The number of carbonyl (C=O) groups excluding carboxylic acids is 1. The standard InChI is InChI=1S/C20H18BrN3O/c1-14-12-18(22-24(14)17-7-3-2-4-8-17)20(25)23-11-5-6-15-13-16(21)9-10-19(15)23/h2-4,7-10,12-13H,5-6,11H2,1H3. The first kappa shape index (κ1) is 16.1. The molecule has 1 amide bonds. The van der Waals surface area contributed by atoms with E-state index in [9.17, 15) is 4.79 Å². The zero-order chi connectivity index (χ0) is 17.4. The lowest BCUT2D eigenvalue weighted by molar-refractivity contribution is 0.0980. The van der Waals surface area contributed by atoms with Crippen molar-refractivity contribution in [3.05, 3.63) is 76.0 Å². The molecule has 0 radical (unpaired) electrons. The molecule has 0 spiro atoms. The van der Waals surface area contributed by atoms with Gasteiger partial charge in [0, 0.05) is 22.4 Å². The minimum absolute atomic E-state index is 0.0407. The molecule has 126 valence electrons. The van der Waals surface area contributed by atoms with Crippen molar-refractivity contribution in [1.29, 1.82) is 0 Å². The molecule has 4 rings (SSSR count). The van der Waals surface area contributed by atoms with Crippen molar-refractivity contribution in [2.24, 2.45) is 0 Å². The number of para-hydroxylation sites is 1. The third-order valence-electron chi connectivity index (χ3n) is 4.51. The van der Waals surface area contributed by atoms with Gasteiger partial charge in [0.25, 0.3) is 5.91 Å². The van der Waals surface area contributed by atoms with Gasteiger partial charge in [-0.1, -0.05) is 34.1 Å². The maximum Gasteiger partial charge on any atom is 0.278 e. The fourth-order valence-electron chi connectivity index (χ4n) is 3.32. The number of anilines is 1. The van der Waals surface area contributed by atoms with Crippen LogP contribution in [0.25, 0.3) is 5.69 Å². The Morgan fingerprint density at radius 2 is 1.92 bits per heavy atom. The molecule has 25 heavy (non-hydrogen) atoms. The third kappa shape index (κ3) is 3.00. The summed E-state index contributed by atoms with van der Waals surface area (Å²) in [4.78, 5) is 14.9. The SMILES string of the molecule is Cc1cc(C(=O)N2CCCc3cc(Br)ccc32)nn1-c1ccccc1. The summed E-state index contributed by atoms with van der Waals surface area (Å²) in [5.74, 6) is -0.0407. The zero-order valence-electron chi connectivity index (χ0n) is 13.9. The van der Waals surface area contributed by atoms with Gasteiger partial charge in [-0.25, -0.2) is 4.68 Å². The molecule has 2 aromatic carbocycles. The molecule has 1 aromatic heterocycles. The number of benzene rings is 2. The predicted octanol–water partition coefficient (Wildman–Crippen LogP) is 4.54. The Hall–Kier alpha value is -2.40. The Morgan fingerprint density at radius 1 is 1.12 bits per heavy atom. The monoisotopic (exact) mass is 395 g/mol. The second kappa shape index (κ2) is 6.48. The molecule has 0 aliphatic carbocycles. The van der Waals surface area contributed by atoms with Crippen LogP contribution in [0.1, 0.15) is 28.2 Å². The van der Waals surface area contributed by atoms with Crippen molar-refractivity contribution in [2.45, 2.75) is 19.8 Å². The number of fused-ring (bicyclic) bond motifs is 1. The van der Waals surface area contributed by atoms with E-state index in [-0.39, 0.29) is 5.91 Å². The number of hydrogen-bond acceptors (Lipinski definition) is 2. The lowest BCUT2D eigenvalue weighted by atomic mass is 10.0. The number of amides is 1. The summed E-state index contributed by atoms with van der Waals surface area (Å²) in [6, 6.07) is 17.8. The lowest BCUT2D eigenvalue weighted by Gasteiger charge is -2.29. The summed E-state index contributed by atoms with van der Waals surface area (Å²) in [5.41, 5.74) is 4.58. The summed E-state index contributed by atoms with van der Waals surface area (Å²) in [6.07, 6.45) is 1.96. The van der Waals surface area contributed by atoms with Gasteiger partial charge in [-0.15, -0.1) is 0 Å². The molecule has 0 unspecified atom stereocenters. The van der Waals surface area contributed by atoms with E-state index in [4.69, 9.17) is 0 Å². The first-order chi connectivity index (χ1) is 12.1. The van der Waals surface area contributed by atoms with E-state index >= 15 is 0 Å². The highest BCUT2D eigenvalue weighted by Crippen LogP contribution is 2.30. The molecule has 3 aromatic rings. The van der Waals surface area contributed by atoms with Crippen LogP contribution in [0.5, 0.6) is 0 Å². The van der Waals surface area contributed by atoms with Crippen LogP contribution in [0.4, 0.5) is 5.69 Å². The van der Waals surface area contributed by atoms with Crippen molar-refractivity contribution in [3.8, 4) is 5.69 Å². The lowest BCUT2D eigenvalue weighted by Crippen LogP contribution is -2.35. The highest BCUT2D eigenvalue weighted by atomic mass is 79.9. The van der Waals surface area contributed by atoms with Crippen molar-refractivity contribution < 1.29 is 4.79 Å². The predicted molar refractivity (Wildman–Crippen MR) is 102 cm³/mol. The fraction of sp³-hybridized carbons (Fsp3) is 0.200. The van der Waals surface area contributed by atoms with Gasteiger partial charge in [0.2, 0.25) is 0 Å². The van der Waals surface area contributed by atoms with Gasteiger partial charge in [-0.2, -0.15) is 5.10 Å². The second-order valence-electron chi connectivity index (χ2n) is 6.25. The van der Waals surface area contributed by atoms with E-state index in [2.05, 4.69) is 27.1 Å². The molecule has 0 N–H and O–H groups in total. The largest absolute Gasteiger partial charge is 0.307 e. The molecule has 4 nitrogen and oxygen atoms in total. The molecular formula is C20H18BrN3O. The molecule has 0 bridgehead atoms. The number of aromatic nitrogens is 2. The quantitative estimate of drug-likeness (QED) is 0.638. The molecule has 5 heteroatoms. The average Bonchev–Trinajstić information content (AvgIpc) is 3.03. The van der Waals surface area contributed by atoms with Gasteiger partial charge in [0.05, 0.1) is 5.69 Å². The van der Waals surface area contributed by atoms with Crippen LogP contribution in [0.2, 0.25) is 0 Å². The summed E-state index contributed by atoms with van der Waals surface area (Å²) in [5, 5.41) is 4.56. The highest BCUT2D eigenvalue weighted by molar-refractivity contribution is 9.10. The fourth-order valence-corrected chi connectivity index (χ4v) is 3.73. The van der Waals surface area contributed by atoms with E-state index in [0.717, 1.165) is 40.9 Å². The molecule has 0 fully saturated rings. The van der Waals surface area contributed by atoms with Crippen LogP contribution < -0.4 is 4.90 Å². The van der Waals surface area contributed by atoms with Gasteiger partial charge in [-0.05, 0) is 61.7 Å². The van der Waals surface area contributed by atoms with Crippen molar-refractivity contribution >= 4 is 27.5 Å². The van der Waals surface area contributed by atoms with Crippen LogP contribution in [0, 0.1) is 6.92 Å². The Kier molecular flexibility index (Phi) is 4.17. The van der Waals surface area contributed by atoms with Gasteiger partial charge in [0.1, 0.15) is 0 Å². The second-order valence-corrected chi connectivity index (χ2v) is 7.17. The van der Waals surface area contributed by atoms with Gasteiger partial charge < -0.3 is 4.90 Å². The summed E-state index contributed by atoms with van der Waals surface area (Å²) in [6.45, 7) is 2.70. The number of halogens is 1. The van der Waals surface area contributed by atoms with Crippen LogP contribution in [-0.2, 0) is 6.42 Å². The van der Waals surface area contributed by atoms with E-state index in [0.29, 0.717) is 5.69 Å². The molecule has 0 atom stereocenters. The molecular weight excluding hydrogens is 378 g/mol. The van der Waals surface area contributed by atoms with E-state index < -0.39 is 0 Å². The van der Waals surface area contributed by atoms with Crippen LogP contribution in [-0.4, -0.2) is 22.2 Å². The maximum absolute atomic E-state index is 13.1. The van der Waals surface area contributed by atoms with E-state index in [1.54, 1.807) is 0 Å². The van der Waals surface area contributed by atoms with E-state index in [1.807, 2.05) is 65.0 Å². The molecule has 2 heterocycles. The minimum Gasteiger partial charge on any atom is -0.307 e. The normalized spacial score (nSPS) is 13.6. The minimum atomic E-state index is -0.0407. The van der Waals surface area contributed by atoms with Gasteiger partial charge in [0.15, 0.2) is 5.69 Å². The Balaban J connectivity index is 1.69. The van der Waals surface area contributed by atoms with Crippen molar-refractivity contribution in [2.75, 3.05) is 11.4 Å². The smallest absolute Gasteiger partial charge is 0.278 e. The third-order valence-corrected chi connectivity index (χ3v) is 5.01. The van der Waals surface area contributed by atoms with Crippen molar-refractivity contribution in [3.63, 3.8) is 0 Å². The summed E-state index contributed by atoms with van der Waals surface area (Å²) >= 11 is 3.51.